The number of nitrogens with zero attached hydrogens (tertiary/aromatic N) is 3. The van der Waals surface area contributed by atoms with E-state index in [1.165, 1.54) is 6.07 Å². The molecule has 2 aromatic heterocycles. The van der Waals surface area contributed by atoms with Gasteiger partial charge < -0.3 is 10.6 Å². The molecule has 0 bridgehead atoms. The van der Waals surface area contributed by atoms with Crippen molar-refractivity contribution in [2.75, 3.05) is 17.7 Å². The van der Waals surface area contributed by atoms with Crippen LogP contribution in [0.2, 0.25) is 0 Å². The van der Waals surface area contributed by atoms with E-state index in [1.807, 2.05) is 24.3 Å². The zero-order valence-electron chi connectivity index (χ0n) is 12.8. The second kappa shape index (κ2) is 6.39. The first-order valence-corrected chi connectivity index (χ1v) is 7.17. The van der Waals surface area contributed by atoms with Crippen LogP contribution in [0, 0.1) is 12.7 Å². The fourth-order valence-electron chi connectivity index (χ4n) is 2.17. The average Bonchev–Trinajstić information content (AvgIpc) is 2.59. The number of nitrogens with one attached hydrogen (secondary N) is 2. The molecule has 0 amide bonds. The van der Waals surface area contributed by atoms with E-state index < -0.39 is 0 Å². The summed E-state index contributed by atoms with van der Waals surface area (Å²) < 4.78 is 13.7. The molecule has 2 heterocycles. The Labute approximate surface area is 133 Å². The van der Waals surface area contributed by atoms with Crippen LogP contribution in [0.4, 0.5) is 21.8 Å². The van der Waals surface area contributed by atoms with Crippen molar-refractivity contribution in [3.05, 3.63) is 60.2 Å². The molecule has 2 N–H and O–H groups in total. The Hall–Kier alpha value is -3.02. The van der Waals surface area contributed by atoms with E-state index in [1.54, 1.807) is 32.4 Å². The zero-order valence-corrected chi connectivity index (χ0v) is 12.8. The summed E-state index contributed by atoms with van der Waals surface area (Å²) in [5.41, 5.74) is 2.82. The van der Waals surface area contributed by atoms with Crippen LogP contribution >= 0.6 is 0 Å². The third-order valence-corrected chi connectivity index (χ3v) is 3.44. The van der Waals surface area contributed by atoms with E-state index in [0.29, 0.717) is 23.0 Å². The highest BCUT2D eigenvalue weighted by Gasteiger charge is 2.09. The van der Waals surface area contributed by atoms with Crippen LogP contribution in [0.15, 0.2) is 48.8 Å². The molecule has 0 saturated heterocycles. The number of hydrogen-bond donors (Lipinski definition) is 2. The van der Waals surface area contributed by atoms with Crippen molar-refractivity contribution >= 4 is 17.5 Å². The first-order chi connectivity index (χ1) is 11.2. The molecular formula is C17H16FN5. The molecule has 0 unspecified atom stereocenters. The molecule has 1 aromatic carbocycles. The Morgan fingerprint density at radius 3 is 2.70 bits per heavy atom. The Morgan fingerprint density at radius 1 is 1.09 bits per heavy atom. The maximum Gasteiger partial charge on any atom is 0.224 e. The van der Waals surface area contributed by atoms with Crippen LogP contribution in [0.5, 0.6) is 0 Å². The smallest absolute Gasteiger partial charge is 0.224 e. The van der Waals surface area contributed by atoms with Gasteiger partial charge in [-0.2, -0.15) is 4.98 Å². The molecule has 0 radical (unpaired) electrons. The van der Waals surface area contributed by atoms with E-state index in [-0.39, 0.29) is 5.82 Å². The summed E-state index contributed by atoms with van der Waals surface area (Å²) in [5, 5.41) is 6.08. The second-order valence-electron chi connectivity index (χ2n) is 4.99. The Bertz CT molecular complexity index is 820. The van der Waals surface area contributed by atoms with Crippen molar-refractivity contribution in [3.63, 3.8) is 0 Å². The fourth-order valence-corrected chi connectivity index (χ4v) is 2.17. The minimum Gasteiger partial charge on any atom is -0.357 e. The number of hydrogen-bond acceptors (Lipinski definition) is 5. The molecule has 0 aliphatic carbocycles. The van der Waals surface area contributed by atoms with Gasteiger partial charge in [0.2, 0.25) is 5.95 Å². The minimum atomic E-state index is -0.259. The van der Waals surface area contributed by atoms with E-state index in [9.17, 15) is 4.39 Å². The summed E-state index contributed by atoms with van der Waals surface area (Å²) in [6.07, 6.45) is 3.44. The van der Waals surface area contributed by atoms with Crippen molar-refractivity contribution in [1.82, 2.24) is 15.0 Å². The van der Waals surface area contributed by atoms with Gasteiger partial charge in [-0.1, -0.05) is 6.07 Å². The summed E-state index contributed by atoms with van der Waals surface area (Å²) in [7, 11) is 1.75. The molecule has 6 heteroatoms. The molecule has 3 aromatic rings. The summed E-state index contributed by atoms with van der Waals surface area (Å²) in [5.74, 6) is 0.796. The molecular weight excluding hydrogens is 293 g/mol. The SMILES string of the molecule is CNc1nc(Nc2cccc(F)c2C)cc(-c2cccnc2)n1. The Kier molecular flexibility index (Phi) is 4.14. The summed E-state index contributed by atoms with van der Waals surface area (Å²) in [6.45, 7) is 1.72. The molecule has 23 heavy (non-hydrogen) atoms. The number of rotatable bonds is 4. The normalized spacial score (nSPS) is 10.4. The standard InChI is InChI=1S/C17H16FN5/c1-11-13(18)6-3-7-14(11)21-16-9-15(22-17(19-2)23-16)12-5-4-8-20-10-12/h3-10H,1-2H3,(H2,19,21,22,23). The quantitative estimate of drug-likeness (QED) is 0.768. The lowest BCUT2D eigenvalue weighted by Gasteiger charge is -2.12. The topological polar surface area (TPSA) is 62.7 Å². The molecule has 0 atom stereocenters. The zero-order chi connectivity index (χ0) is 16.2. The van der Waals surface area contributed by atoms with Crippen LogP contribution in [0.3, 0.4) is 0 Å². The van der Waals surface area contributed by atoms with Gasteiger partial charge in [-0.25, -0.2) is 9.37 Å². The van der Waals surface area contributed by atoms with Crippen molar-refractivity contribution in [3.8, 4) is 11.3 Å². The van der Waals surface area contributed by atoms with Gasteiger partial charge in [-0.3, -0.25) is 4.98 Å². The lowest BCUT2D eigenvalue weighted by atomic mass is 10.2. The fraction of sp³-hybridized carbons (Fsp3) is 0.118. The molecule has 0 aliphatic heterocycles. The molecule has 3 rings (SSSR count). The van der Waals surface area contributed by atoms with Gasteiger partial charge in [-0.15, -0.1) is 0 Å². The highest BCUT2D eigenvalue weighted by atomic mass is 19.1. The molecule has 0 fully saturated rings. The third kappa shape index (κ3) is 3.26. The van der Waals surface area contributed by atoms with E-state index in [2.05, 4.69) is 25.6 Å². The van der Waals surface area contributed by atoms with Crippen LogP contribution < -0.4 is 10.6 Å². The van der Waals surface area contributed by atoms with Crippen LogP contribution in [0.1, 0.15) is 5.56 Å². The van der Waals surface area contributed by atoms with Gasteiger partial charge in [0.1, 0.15) is 11.6 Å². The van der Waals surface area contributed by atoms with Crippen molar-refractivity contribution < 1.29 is 4.39 Å². The van der Waals surface area contributed by atoms with E-state index in [0.717, 1.165) is 11.3 Å². The van der Waals surface area contributed by atoms with Crippen molar-refractivity contribution in [2.45, 2.75) is 6.92 Å². The summed E-state index contributed by atoms with van der Waals surface area (Å²) in [6, 6.07) is 10.5. The van der Waals surface area contributed by atoms with Gasteiger partial charge in [-0.05, 0) is 31.2 Å². The van der Waals surface area contributed by atoms with Crippen LogP contribution in [-0.4, -0.2) is 22.0 Å². The van der Waals surface area contributed by atoms with E-state index in [4.69, 9.17) is 0 Å². The summed E-state index contributed by atoms with van der Waals surface area (Å²) >= 11 is 0. The number of halogens is 1. The molecule has 0 aliphatic rings. The third-order valence-electron chi connectivity index (χ3n) is 3.44. The van der Waals surface area contributed by atoms with Gasteiger partial charge in [0, 0.05) is 42.3 Å². The number of benzene rings is 1. The number of anilines is 3. The lowest BCUT2D eigenvalue weighted by molar-refractivity contribution is 0.619. The molecule has 116 valence electrons. The predicted octanol–water partition coefficient (Wildman–Crippen LogP) is 3.77. The van der Waals surface area contributed by atoms with Gasteiger partial charge >= 0.3 is 0 Å². The maximum atomic E-state index is 13.7. The highest BCUT2D eigenvalue weighted by Crippen LogP contribution is 2.25. The Morgan fingerprint density at radius 2 is 1.96 bits per heavy atom. The molecule has 0 spiro atoms. The molecule has 0 saturated carbocycles. The Balaban J connectivity index is 2.01. The van der Waals surface area contributed by atoms with E-state index >= 15 is 0 Å². The van der Waals surface area contributed by atoms with Gasteiger partial charge in [0.15, 0.2) is 0 Å². The second-order valence-corrected chi connectivity index (χ2v) is 4.99. The molecule has 5 nitrogen and oxygen atoms in total. The van der Waals surface area contributed by atoms with Gasteiger partial charge in [0.05, 0.1) is 5.69 Å². The largest absolute Gasteiger partial charge is 0.357 e. The maximum absolute atomic E-state index is 13.7. The predicted molar refractivity (Wildman–Crippen MR) is 89.2 cm³/mol. The number of aromatic nitrogens is 3. The highest BCUT2D eigenvalue weighted by molar-refractivity contribution is 5.68. The first kappa shape index (κ1) is 14.9. The average molecular weight is 309 g/mol. The van der Waals surface area contributed by atoms with Crippen molar-refractivity contribution in [1.29, 1.82) is 0 Å². The minimum absolute atomic E-state index is 0.259. The van der Waals surface area contributed by atoms with Crippen LogP contribution in [0.25, 0.3) is 11.3 Å². The lowest BCUT2D eigenvalue weighted by Crippen LogP contribution is -2.03. The van der Waals surface area contributed by atoms with Crippen molar-refractivity contribution in [2.24, 2.45) is 0 Å². The number of pyridine rings is 1. The monoisotopic (exact) mass is 309 g/mol. The first-order valence-electron chi connectivity index (χ1n) is 7.17. The van der Waals surface area contributed by atoms with Crippen LogP contribution in [-0.2, 0) is 0 Å². The van der Waals surface area contributed by atoms with Gasteiger partial charge in [0.25, 0.3) is 0 Å². The summed E-state index contributed by atoms with van der Waals surface area (Å²) in [4.78, 5) is 12.9.